The molecule has 2 atom stereocenters. The Bertz CT molecular complexity index is 1110. The molecule has 2 saturated carbocycles. The largest absolute Gasteiger partial charge is 0.495 e. The predicted octanol–water partition coefficient (Wildman–Crippen LogP) is 5.35. The standard InChI is InChI=1S/C24H26ClN5O2/c1-32-22-10-7-15(11-21(22)25)17-9-8-16(12-19(17)23-27-29-30-28-23)26-24(31)20-13-18(20)14-5-3-2-4-6-14/h7-12,14,18,20H,2-6,13H2,1H3,(H,26,31)(H,27,28,29,30)/t18-,20+/m0/s1. The van der Waals surface area contributed by atoms with Crippen LogP contribution in [-0.2, 0) is 4.79 Å². The summed E-state index contributed by atoms with van der Waals surface area (Å²) in [6.45, 7) is 0. The monoisotopic (exact) mass is 451 g/mol. The van der Waals surface area contributed by atoms with E-state index in [-0.39, 0.29) is 11.8 Å². The maximum absolute atomic E-state index is 12.9. The van der Waals surface area contributed by atoms with Crippen molar-refractivity contribution in [2.24, 2.45) is 17.8 Å². The van der Waals surface area contributed by atoms with Crippen LogP contribution in [0.1, 0.15) is 38.5 Å². The van der Waals surface area contributed by atoms with Gasteiger partial charge in [0.05, 0.1) is 12.1 Å². The minimum absolute atomic E-state index is 0.111. The molecule has 0 spiro atoms. The Hall–Kier alpha value is -2.93. The van der Waals surface area contributed by atoms with Gasteiger partial charge >= 0.3 is 0 Å². The number of ether oxygens (including phenoxy) is 1. The molecule has 3 aromatic rings. The van der Waals surface area contributed by atoms with Gasteiger partial charge in [-0.2, -0.15) is 5.21 Å². The number of carbonyl (C=O) groups excluding carboxylic acids is 1. The summed E-state index contributed by atoms with van der Waals surface area (Å²) in [5.41, 5.74) is 3.28. The number of anilines is 1. The lowest BCUT2D eigenvalue weighted by atomic mass is 9.85. The Balaban J connectivity index is 1.38. The highest BCUT2D eigenvalue weighted by molar-refractivity contribution is 6.32. The van der Waals surface area contributed by atoms with Gasteiger partial charge in [-0.05, 0) is 58.9 Å². The van der Waals surface area contributed by atoms with Crippen molar-refractivity contribution in [3.8, 4) is 28.3 Å². The molecule has 1 amide bonds. The van der Waals surface area contributed by atoms with Crippen LogP contribution in [0.15, 0.2) is 36.4 Å². The van der Waals surface area contributed by atoms with Gasteiger partial charge < -0.3 is 10.1 Å². The number of rotatable bonds is 6. The zero-order chi connectivity index (χ0) is 22.1. The topological polar surface area (TPSA) is 92.8 Å². The molecular weight excluding hydrogens is 426 g/mol. The number of hydrogen-bond acceptors (Lipinski definition) is 5. The average Bonchev–Trinajstić information content (AvgIpc) is 3.44. The molecule has 0 bridgehead atoms. The fourth-order valence-corrected chi connectivity index (χ4v) is 5.26. The van der Waals surface area contributed by atoms with Crippen LogP contribution < -0.4 is 10.1 Å². The van der Waals surface area contributed by atoms with Gasteiger partial charge in [0.25, 0.3) is 0 Å². The summed E-state index contributed by atoms with van der Waals surface area (Å²) in [5, 5.41) is 18.1. The van der Waals surface area contributed by atoms with E-state index in [2.05, 4.69) is 25.9 Å². The Morgan fingerprint density at radius 1 is 1.12 bits per heavy atom. The molecule has 0 unspecified atom stereocenters. The number of nitrogens with zero attached hydrogens (tertiary/aromatic N) is 3. The number of H-pyrrole nitrogens is 1. The molecule has 0 aliphatic heterocycles. The molecule has 2 N–H and O–H groups in total. The molecule has 8 heteroatoms. The van der Waals surface area contributed by atoms with Crippen LogP contribution >= 0.6 is 11.6 Å². The van der Waals surface area contributed by atoms with Crippen LogP contribution in [0.4, 0.5) is 5.69 Å². The van der Waals surface area contributed by atoms with Gasteiger partial charge in [0.15, 0.2) is 0 Å². The first kappa shape index (κ1) is 20.9. The summed E-state index contributed by atoms with van der Waals surface area (Å²) in [5.74, 6) is 2.57. The van der Waals surface area contributed by atoms with Crippen molar-refractivity contribution in [3.63, 3.8) is 0 Å². The third-order valence-corrected chi connectivity index (χ3v) is 7.06. The van der Waals surface area contributed by atoms with Crippen LogP contribution in [-0.4, -0.2) is 33.6 Å². The highest BCUT2D eigenvalue weighted by Gasteiger charge is 2.47. The fourth-order valence-electron chi connectivity index (χ4n) is 5.00. The van der Waals surface area contributed by atoms with E-state index in [0.717, 1.165) is 34.7 Å². The zero-order valence-electron chi connectivity index (χ0n) is 18.0. The summed E-state index contributed by atoms with van der Waals surface area (Å²) in [7, 11) is 1.59. The number of carbonyl (C=O) groups is 1. The normalized spacial score (nSPS) is 20.7. The Kier molecular flexibility index (Phi) is 5.83. The van der Waals surface area contributed by atoms with Gasteiger partial charge in [-0.25, -0.2) is 0 Å². The third-order valence-electron chi connectivity index (χ3n) is 6.77. The summed E-state index contributed by atoms with van der Waals surface area (Å²) < 4.78 is 5.26. The second kappa shape index (κ2) is 8.90. The Morgan fingerprint density at radius 3 is 2.69 bits per heavy atom. The summed E-state index contributed by atoms with van der Waals surface area (Å²) >= 11 is 6.34. The van der Waals surface area contributed by atoms with E-state index in [0.29, 0.717) is 22.5 Å². The van der Waals surface area contributed by atoms with Gasteiger partial charge in [-0.1, -0.05) is 55.8 Å². The highest BCUT2D eigenvalue weighted by atomic mass is 35.5. The summed E-state index contributed by atoms with van der Waals surface area (Å²) in [6, 6.07) is 11.4. The van der Waals surface area contributed by atoms with Crippen LogP contribution in [0.3, 0.4) is 0 Å². The van der Waals surface area contributed by atoms with Crippen molar-refractivity contribution in [2.45, 2.75) is 38.5 Å². The molecule has 166 valence electrons. The maximum atomic E-state index is 12.9. The molecule has 2 aliphatic rings. The van der Waals surface area contributed by atoms with Gasteiger partial charge in [-0.3, -0.25) is 4.79 Å². The predicted molar refractivity (Wildman–Crippen MR) is 123 cm³/mol. The lowest BCUT2D eigenvalue weighted by molar-refractivity contribution is -0.117. The number of methoxy groups -OCH3 is 1. The number of halogens is 1. The van der Waals surface area contributed by atoms with E-state index in [4.69, 9.17) is 16.3 Å². The second-order valence-corrected chi connectivity index (χ2v) is 9.15. The quantitative estimate of drug-likeness (QED) is 0.526. The number of amides is 1. The van der Waals surface area contributed by atoms with Crippen molar-refractivity contribution in [2.75, 3.05) is 12.4 Å². The summed E-state index contributed by atoms with van der Waals surface area (Å²) in [4.78, 5) is 12.9. The molecule has 1 heterocycles. The van der Waals surface area contributed by atoms with E-state index in [1.807, 2.05) is 36.4 Å². The molecule has 0 radical (unpaired) electrons. The van der Waals surface area contributed by atoms with Gasteiger partial charge in [0.1, 0.15) is 5.75 Å². The van der Waals surface area contributed by atoms with E-state index >= 15 is 0 Å². The smallest absolute Gasteiger partial charge is 0.227 e. The number of nitrogens with one attached hydrogen (secondary N) is 2. The molecule has 5 rings (SSSR count). The van der Waals surface area contributed by atoms with Crippen molar-refractivity contribution < 1.29 is 9.53 Å². The fraction of sp³-hybridized carbons (Fsp3) is 0.417. The number of aromatic nitrogens is 4. The minimum Gasteiger partial charge on any atom is -0.495 e. The maximum Gasteiger partial charge on any atom is 0.227 e. The van der Waals surface area contributed by atoms with E-state index < -0.39 is 0 Å². The molecule has 7 nitrogen and oxygen atoms in total. The molecule has 0 saturated heterocycles. The van der Waals surface area contributed by atoms with E-state index in [1.54, 1.807) is 7.11 Å². The molecule has 2 aromatic carbocycles. The second-order valence-electron chi connectivity index (χ2n) is 8.74. The van der Waals surface area contributed by atoms with Gasteiger partial charge in [-0.15, -0.1) is 10.2 Å². The Morgan fingerprint density at radius 2 is 1.97 bits per heavy atom. The van der Waals surface area contributed by atoms with Gasteiger partial charge in [0.2, 0.25) is 11.7 Å². The molecule has 1 aromatic heterocycles. The van der Waals surface area contributed by atoms with Crippen molar-refractivity contribution in [1.29, 1.82) is 0 Å². The van der Waals surface area contributed by atoms with Crippen molar-refractivity contribution in [3.05, 3.63) is 41.4 Å². The number of hydrogen-bond donors (Lipinski definition) is 2. The van der Waals surface area contributed by atoms with Crippen LogP contribution in [0, 0.1) is 17.8 Å². The van der Waals surface area contributed by atoms with Crippen molar-refractivity contribution >= 4 is 23.2 Å². The number of tetrazole rings is 1. The molecule has 32 heavy (non-hydrogen) atoms. The molecule has 2 aliphatic carbocycles. The molecular formula is C24H26ClN5O2. The van der Waals surface area contributed by atoms with Gasteiger partial charge in [0, 0.05) is 17.2 Å². The first-order valence-electron chi connectivity index (χ1n) is 11.2. The number of aromatic amines is 1. The zero-order valence-corrected chi connectivity index (χ0v) is 18.7. The van der Waals surface area contributed by atoms with Crippen molar-refractivity contribution in [1.82, 2.24) is 20.6 Å². The highest BCUT2D eigenvalue weighted by Crippen LogP contribution is 2.50. The lowest BCUT2D eigenvalue weighted by Crippen LogP contribution is -2.18. The van der Waals surface area contributed by atoms with Crippen LogP contribution in [0.2, 0.25) is 5.02 Å². The lowest BCUT2D eigenvalue weighted by Gasteiger charge is -2.21. The minimum atomic E-state index is 0.111. The first-order valence-corrected chi connectivity index (χ1v) is 11.5. The Labute approximate surface area is 191 Å². The average molecular weight is 452 g/mol. The molecule has 2 fully saturated rings. The van der Waals surface area contributed by atoms with E-state index in [1.165, 1.54) is 32.1 Å². The number of benzene rings is 2. The van der Waals surface area contributed by atoms with Crippen LogP contribution in [0.25, 0.3) is 22.5 Å². The van der Waals surface area contributed by atoms with E-state index in [9.17, 15) is 4.79 Å². The van der Waals surface area contributed by atoms with Crippen LogP contribution in [0.5, 0.6) is 5.75 Å². The summed E-state index contributed by atoms with van der Waals surface area (Å²) in [6.07, 6.45) is 7.51. The SMILES string of the molecule is COc1ccc(-c2ccc(NC(=O)[C@@H]3C[C@H]3C3CCCCC3)cc2-c2nn[nH]n2)cc1Cl. The first-order chi connectivity index (χ1) is 15.6. The third kappa shape index (κ3) is 4.21.